The van der Waals surface area contributed by atoms with E-state index in [2.05, 4.69) is 10.3 Å². The van der Waals surface area contributed by atoms with Gasteiger partial charge >= 0.3 is 0 Å². The first kappa shape index (κ1) is 17.6. The molecule has 0 saturated carbocycles. The van der Waals surface area contributed by atoms with Crippen LogP contribution >= 0.6 is 0 Å². The highest BCUT2D eigenvalue weighted by Crippen LogP contribution is 2.23. The number of hydrogen-bond donors (Lipinski definition) is 1. The number of aromatic nitrogens is 2. The van der Waals surface area contributed by atoms with Crippen LogP contribution in [-0.2, 0) is 23.6 Å². The number of imidazole rings is 1. The zero-order chi connectivity index (χ0) is 17.9. The van der Waals surface area contributed by atoms with E-state index in [1.165, 1.54) is 10.5 Å². The van der Waals surface area contributed by atoms with Gasteiger partial charge in [-0.15, -0.1) is 0 Å². The predicted molar refractivity (Wildman–Crippen MR) is 93.4 cm³/mol. The number of piperidine rings is 1. The van der Waals surface area contributed by atoms with Crippen molar-refractivity contribution in [2.45, 2.75) is 30.7 Å². The lowest BCUT2D eigenvalue weighted by Gasteiger charge is -2.26. The molecule has 0 radical (unpaired) electrons. The minimum absolute atomic E-state index is 0.146. The normalized spacial score (nSPS) is 15.9. The second-order valence-electron chi connectivity index (χ2n) is 6.14. The van der Waals surface area contributed by atoms with Gasteiger partial charge < -0.3 is 9.88 Å². The van der Waals surface area contributed by atoms with Gasteiger partial charge in [0.15, 0.2) is 0 Å². The maximum Gasteiger partial charge on any atom is 0.269 e. The van der Waals surface area contributed by atoms with Crippen LogP contribution in [-0.4, -0.2) is 41.3 Å². The van der Waals surface area contributed by atoms with E-state index >= 15 is 0 Å². The fourth-order valence-corrected chi connectivity index (χ4v) is 4.73. The van der Waals surface area contributed by atoms with Gasteiger partial charge in [0.2, 0.25) is 10.0 Å². The number of nitrogens with one attached hydrogen (secondary N) is 1. The van der Waals surface area contributed by atoms with Gasteiger partial charge in [0.05, 0.1) is 17.4 Å². The van der Waals surface area contributed by atoms with Crippen molar-refractivity contribution < 1.29 is 13.2 Å². The molecule has 0 unspecified atom stereocenters. The number of aryl methyl sites for hydroxylation is 1. The summed E-state index contributed by atoms with van der Waals surface area (Å²) in [4.78, 5) is 16.4. The molecule has 25 heavy (non-hydrogen) atoms. The maximum atomic E-state index is 12.9. The molecular weight excluding hydrogens is 340 g/mol. The Labute approximate surface area is 147 Å². The summed E-state index contributed by atoms with van der Waals surface area (Å²) in [5, 5.41) is 2.77. The summed E-state index contributed by atoms with van der Waals surface area (Å²) < 4.78 is 29.0. The van der Waals surface area contributed by atoms with Crippen molar-refractivity contribution in [2.24, 2.45) is 7.05 Å². The van der Waals surface area contributed by atoms with Gasteiger partial charge in [-0.25, -0.2) is 13.4 Å². The van der Waals surface area contributed by atoms with E-state index in [0.29, 0.717) is 24.3 Å². The zero-order valence-corrected chi connectivity index (χ0v) is 15.0. The molecule has 0 aliphatic carbocycles. The monoisotopic (exact) mass is 362 g/mol. The Morgan fingerprint density at radius 3 is 2.60 bits per heavy atom. The van der Waals surface area contributed by atoms with Crippen LogP contribution in [0.4, 0.5) is 0 Å². The van der Waals surface area contributed by atoms with Crippen molar-refractivity contribution in [3.63, 3.8) is 0 Å². The van der Waals surface area contributed by atoms with Crippen LogP contribution in [0.5, 0.6) is 0 Å². The fraction of sp³-hybridized carbons (Fsp3) is 0.412. The largest absolute Gasteiger partial charge is 0.347 e. The second-order valence-corrected chi connectivity index (χ2v) is 8.05. The molecule has 1 fully saturated rings. The molecule has 134 valence electrons. The Balaban J connectivity index is 1.79. The SMILES string of the molecule is Cn1cncc1C(=O)NCc1ccccc1S(=O)(=O)N1CCCCC1. The Kier molecular flexibility index (Phi) is 5.19. The molecular formula is C17H22N4O3S. The third-order valence-corrected chi connectivity index (χ3v) is 6.39. The highest BCUT2D eigenvalue weighted by molar-refractivity contribution is 7.89. The molecule has 8 heteroatoms. The summed E-state index contributed by atoms with van der Waals surface area (Å²) in [6.45, 7) is 1.25. The first-order chi connectivity index (χ1) is 12.0. The van der Waals surface area contributed by atoms with Gasteiger partial charge in [0, 0.05) is 26.7 Å². The van der Waals surface area contributed by atoms with Crippen LogP contribution in [0.1, 0.15) is 35.3 Å². The molecule has 0 bridgehead atoms. The topological polar surface area (TPSA) is 84.3 Å². The van der Waals surface area contributed by atoms with E-state index in [-0.39, 0.29) is 17.3 Å². The number of rotatable bonds is 5. The van der Waals surface area contributed by atoms with Crippen molar-refractivity contribution in [1.82, 2.24) is 19.2 Å². The highest BCUT2D eigenvalue weighted by Gasteiger charge is 2.28. The molecule has 1 aliphatic heterocycles. The fourth-order valence-electron chi connectivity index (χ4n) is 2.99. The molecule has 1 aromatic carbocycles. The third kappa shape index (κ3) is 3.74. The van der Waals surface area contributed by atoms with Crippen molar-refractivity contribution in [3.05, 3.63) is 48.0 Å². The van der Waals surface area contributed by atoms with Crippen LogP contribution in [0.2, 0.25) is 0 Å². The summed E-state index contributed by atoms with van der Waals surface area (Å²) >= 11 is 0. The van der Waals surface area contributed by atoms with Crippen molar-refractivity contribution in [3.8, 4) is 0 Å². The van der Waals surface area contributed by atoms with Crippen LogP contribution in [0.3, 0.4) is 0 Å². The summed E-state index contributed by atoms with van der Waals surface area (Å²) in [5.41, 5.74) is 1.01. The van der Waals surface area contributed by atoms with E-state index in [1.54, 1.807) is 42.2 Å². The van der Waals surface area contributed by atoms with Gasteiger partial charge in [-0.05, 0) is 24.5 Å². The second kappa shape index (κ2) is 7.37. The summed E-state index contributed by atoms with van der Waals surface area (Å²) in [6, 6.07) is 6.83. The summed E-state index contributed by atoms with van der Waals surface area (Å²) in [6.07, 6.45) is 5.86. The molecule has 1 aromatic heterocycles. The number of benzene rings is 1. The average molecular weight is 362 g/mol. The van der Waals surface area contributed by atoms with Gasteiger partial charge in [-0.1, -0.05) is 24.6 Å². The van der Waals surface area contributed by atoms with Gasteiger partial charge in [-0.3, -0.25) is 4.79 Å². The number of sulfonamides is 1. The number of hydrogen-bond acceptors (Lipinski definition) is 4. The van der Waals surface area contributed by atoms with Crippen molar-refractivity contribution >= 4 is 15.9 Å². The highest BCUT2D eigenvalue weighted by atomic mass is 32.2. The lowest BCUT2D eigenvalue weighted by atomic mass is 10.2. The standard InChI is InChI=1S/C17H22N4O3S/c1-20-13-18-12-15(20)17(22)19-11-14-7-3-4-8-16(14)25(23,24)21-9-5-2-6-10-21/h3-4,7-8,12-13H,2,5-6,9-11H2,1H3,(H,19,22). The Morgan fingerprint density at radius 2 is 1.92 bits per heavy atom. The first-order valence-electron chi connectivity index (χ1n) is 8.33. The molecule has 1 amide bonds. The quantitative estimate of drug-likeness (QED) is 0.874. The number of carbonyl (C=O) groups is 1. The van der Waals surface area contributed by atoms with Crippen LogP contribution in [0.25, 0.3) is 0 Å². The molecule has 1 N–H and O–H groups in total. The summed E-state index contributed by atoms with van der Waals surface area (Å²) in [5.74, 6) is -0.287. The molecule has 2 heterocycles. The molecule has 2 aromatic rings. The molecule has 7 nitrogen and oxygen atoms in total. The van der Waals surface area contributed by atoms with E-state index in [4.69, 9.17) is 0 Å². The van der Waals surface area contributed by atoms with Crippen LogP contribution in [0.15, 0.2) is 41.7 Å². The summed E-state index contributed by atoms with van der Waals surface area (Å²) in [7, 11) is -1.81. The van der Waals surface area contributed by atoms with Crippen LogP contribution in [0, 0.1) is 0 Å². The Bertz CT molecular complexity index is 854. The van der Waals surface area contributed by atoms with Gasteiger partial charge in [0.1, 0.15) is 5.69 Å². The van der Waals surface area contributed by atoms with Gasteiger partial charge in [0.25, 0.3) is 5.91 Å². The van der Waals surface area contributed by atoms with E-state index in [9.17, 15) is 13.2 Å². The average Bonchev–Trinajstić information content (AvgIpc) is 3.07. The van der Waals surface area contributed by atoms with E-state index in [1.807, 2.05) is 0 Å². The van der Waals surface area contributed by atoms with E-state index < -0.39 is 10.0 Å². The van der Waals surface area contributed by atoms with E-state index in [0.717, 1.165) is 19.3 Å². The molecule has 1 aliphatic rings. The smallest absolute Gasteiger partial charge is 0.269 e. The lowest BCUT2D eigenvalue weighted by molar-refractivity contribution is 0.0942. The maximum absolute atomic E-state index is 12.9. The lowest BCUT2D eigenvalue weighted by Crippen LogP contribution is -2.36. The number of amides is 1. The van der Waals surface area contributed by atoms with Crippen LogP contribution < -0.4 is 5.32 Å². The Hall–Kier alpha value is -2.19. The Morgan fingerprint density at radius 1 is 1.20 bits per heavy atom. The number of nitrogens with zero attached hydrogens (tertiary/aromatic N) is 3. The zero-order valence-electron chi connectivity index (χ0n) is 14.2. The molecule has 1 saturated heterocycles. The van der Waals surface area contributed by atoms with Gasteiger partial charge in [-0.2, -0.15) is 4.31 Å². The molecule has 0 spiro atoms. The molecule has 0 atom stereocenters. The minimum atomic E-state index is -3.54. The minimum Gasteiger partial charge on any atom is -0.347 e. The van der Waals surface area contributed by atoms with Crippen molar-refractivity contribution in [2.75, 3.05) is 13.1 Å². The third-order valence-electron chi connectivity index (χ3n) is 4.39. The predicted octanol–water partition coefficient (Wildman–Crippen LogP) is 1.52. The first-order valence-corrected chi connectivity index (χ1v) is 9.77. The number of carbonyl (C=O) groups excluding carboxylic acids is 1. The van der Waals surface area contributed by atoms with Crippen molar-refractivity contribution in [1.29, 1.82) is 0 Å². The molecule has 3 rings (SSSR count).